The first-order valence-corrected chi connectivity index (χ1v) is 5.43. The van der Waals surface area contributed by atoms with Crippen molar-refractivity contribution in [3.63, 3.8) is 0 Å². The number of unbranched alkanes of at least 4 members (excludes halogenated alkanes) is 2. The van der Waals surface area contributed by atoms with Gasteiger partial charge in [0.15, 0.2) is 0 Å². The Morgan fingerprint density at radius 2 is 1.85 bits per heavy atom. The van der Waals surface area contributed by atoms with Crippen LogP contribution in [-0.2, 0) is 0 Å². The zero-order chi connectivity index (χ0) is 10.1. The van der Waals surface area contributed by atoms with Gasteiger partial charge in [0.05, 0.1) is 5.84 Å². The molecule has 0 atom stereocenters. The predicted molar refractivity (Wildman–Crippen MR) is 60.4 cm³/mol. The van der Waals surface area contributed by atoms with Gasteiger partial charge in [0.25, 0.3) is 0 Å². The van der Waals surface area contributed by atoms with E-state index in [1.165, 1.54) is 31.5 Å². The summed E-state index contributed by atoms with van der Waals surface area (Å²) >= 11 is 0. The van der Waals surface area contributed by atoms with Gasteiger partial charge in [-0.2, -0.15) is 0 Å². The van der Waals surface area contributed by atoms with Gasteiger partial charge in [-0.1, -0.05) is 26.7 Å². The van der Waals surface area contributed by atoms with Crippen LogP contribution in [0.3, 0.4) is 0 Å². The summed E-state index contributed by atoms with van der Waals surface area (Å²) in [5, 5.41) is 0. The summed E-state index contributed by atoms with van der Waals surface area (Å²) in [4.78, 5) is 6.59. The van der Waals surface area contributed by atoms with Crippen LogP contribution in [-0.4, -0.2) is 31.4 Å². The predicted octanol–water partition coefficient (Wildman–Crippen LogP) is 2.94. The van der Waals surface area contributed by atoms with Crippen molar-refractivity contribution >= 4 is 5.84 Å². The number of hydrogen-bond donors (Lipinski definition) is 0. The molecule has 0 saturated heterocycles. The highest BCUT2D eigenvalue weighted by Gasteiger charge is 2.03. The first-order chi connectivity index (χ1) is 6.26. The minimum absolute atomic E-state index is 1.12. The molecule has 0 spiro atoms. The lowest BCUT2D eigenvalue weighted by Gasteiger charge is -2.20. The molecule has 0 aliphatic rings. The zero-order valence-corrected chi connectivity index (χ0v) is 9.64. The Hall–Kier alpha value is -0.530. The van der Waals surface area contributed by atoms with Crippen molar-refractivity contribution in [3.05, 3.63) is 0 Å². The fourth-order valence-corrected chi connectivity index (χ4v) is 1.47. The number of nitrogens with zero attached hydrogens (tertiary/aromatic N) is 2. The maximum atomic E-state index is 4.32. The van der Waals surface area contributed by atoms with E-state index in [0.29, 0.717) is 0 Å². The average Bonchev–Trinajstić information content (AvgIpc) is 2.13. The second kappa shape index (κ2) is 8.09. The Balaban J connectivity index is 3.75. The fourth-order valence-electron chi connectivity index (χ4n) is 1.47. The molecule has 0 amide bonds. The summed E-state index contributed by atoms with van der Waals surface area (Å²) in [5.74, 6) is 1.26. The topological polar surface area (TPSA) is 15.6 Å². The molecule has 2 nitrogen and oxygen atoms in total. The molecule has 0 aliphatic carbocycles. The van der Waals surface area contributed by atoms with E-state index >= 15 is 0 Å². The van der Waals surface area contributed by atoms with E-state index in [9.17, 15) is 0 Å². The molecule has 2 heteroatoms. The zero-order valence-electron chi connectivity index (χ0n) is 9.64. The summed E-state index contributed by atoms with van der Waals surface area (Å²) in [6.07, 6.45) is 6.22. The van der Waals surface area contributed by atoms with Crippen LogP contribution in [0.15, 0.2) is 4.99 Å². The highest BCUT2D eigenvalue weighted by atomic mass is 15.1. The lowest BCUT2D eigenvalue weighted by molar-refractivity contribution is 0.484. The normalized spacial score (nSPS) is 11.8. The SMILES string of the molecule is CCCCCC(=NC)N(C)CCC. The van der Waals surface area contributed by atoms with Crippen LogP contribution in [0.2, 0.25) is 0 Å². The third-order valence-corrected chi connectivity index (χ3v) is 2.26. The van der Waals surface area contributed by atoms with E-state index in [1.54, 1.807) is 0 Å². The van der Waals surface area contributed by atoms with Gasteiger partial charge in [-0.05, 0) is 12.8 Å². The van der Waals surface area contributed by atoms with Gasteiger partial charge in [-0.3, -0.25) is 4.99 Å². The third kappa shape index (κ3) is 5.67. The van der Waals surface area contributed by atoms with Crippen LogP contribution in [0.1, 0.15) is 46.0 Å². The molecule has 0 aliphatic heterocycles. The van der Waals surface area contributed by atoms with Crippen molar-refractivity contribution in [3.8, 4) is 0 Å². The molecule has 0 radical (unpaired) electrons. The second-order valence-corrected chi connectivity index (χ2v) is 3.52. The van der Waals surface area contributed by atoms with Gasteiger partial charge in [0, 0.05) is 27.1 Å². The monoisotopic (exact) mass is 184 g/mol. The number of hydrogen-bond acceptors (Lipinski definition) is 1. The van der Waals surface area contributed by atoms with E-state index in [0.717, 1.165) is 13.0 Å². The average molecular weight is 184 g/mol. The fraction of sp³-hybridized carbons (Fsp3) is 0.909. The summed E-state index contributed by atoms with van der Waals surface area (Å²) in [7, 11) is 4.03. The van der Waals surface area contributed by atoms with E-state index in [2.05, 4.69) is 30.8 Å². The lowest BCUT2D eigenvalue weighted by Crippen LogP contribution is -2.27. The van der Waals surface area contributed by atoms with Crippen LogP contribution in [0, 0.1) is 0 Å². The van der Waals surface area contributed by atoms with E-state index in [-0.39, 0.29) is 0 Å². The van der Waals surface area contributed by atoms with Crippen LogP contribution in [0.5, 0.6) is 0 Å². The van der Waals surface area contributed by atoms with Crippen LogP contribution < -0.4 is 0 Å². The highest BCUT2D eigenvalue weighted by Crippen LogP contribution is 2.03. The highest BCUT2D eigenvalue weighted by molar-refractivity contribution is 5.81. The van der Waals surface area contributed by atoms with E-state index < -0.39 is 0 Å². The Labute approximate surface area is 83.0 Å². The molecule has 0 aromatic carbocycles. The molecule has 0 fully saturated rings. The molecular formula is C11H24N2. The second-order valence-electron chi connectivity index (χ2n) is 3.52. The van der Waals surface area contributed by atoms with E-state index in [1.807, 2.05) is 7.05 Å². The third-order valence-electron chi connectivity index (χ3n) is 2.26. The molecule has 13 heavy (non-hydrogen) atoms. The molecule has 0 aromatic heterocycles. The number of amidine groups is 1. The van der Waals surface area contributed by atoms with Crippen molar-refractivity contribution < 1.29 is 0 Å². The quantitative estimate of drug-likeness (QED) is 0.352. The Kier molecular flexibility index (Phi) is 7.76. The molecule has 0 N–H and O–H groups in total. The van der Waals surface area contributed by atoms with Crippen LogP contribution >= 0.6 is 0 Å². The van der Waals surface area contributed by atoms with Crippen molar-refractivity contribution in [2.24, 2.45) is 4.99 Å². The maximum absolute atomic E-state index is 4.32. The molecule has 0 bridgehead atoms. The summed E-state index contributed by atoms with van der Waals surface area (Å²) < 4.78 is 0. The van der Waals surface area contributed by atoms with Crippen molar-refractivity contribution in [2.45, 2.75) is 46.0 Å². The number of aliphatic imine (C=N–C) groups is 1. The smallest absolute Gasteiger partial charge is 0.0982 e. The van der Waals surface area contributed by atoms with Gasteiger partial charge in [0.2, 0.25) is 0 Å². The van der Waals surface area contributed by atoms with Crippen molar-refractivity contribution in [1.82, 2.24) is 4.90 Å². The Bertz CT molecular complexity index is 141. The molecule has 78 valence electrons. The largest absolute Gasteiger partial charge is 0.363 e. The Morgan fingerprint density at radius 1 is 1.15 bits per heavy atom. The first-order valence-electron chi connectivity index (χ1n) is 5.43. The number of rotatable bonds is 6. The van der Waals surface area contributed by atoms with E-state index in [4.69, 9.17) is 0 Å². The lowest BCUT2D eigenvalue weighted by atomic mass is 10.2. The molecule has 0 heterocycles. The summed E-state index contributed by atoms with van der Waals surface area (Å²) in [6.45, 7) is 5.56. The molecular weight excluding hydrogens is 160 g/mol. The minimum atomic E-state index is 1.12. The van der Waals surface area contributed by atoms with Gasteiger partial charge >= 0.3 is 0 Å². The van der Waals surface area contributed by atoms with Gasteiger partial charge in [-0.15, -0.1) is 0 Å². The van der Waals surface area contributed by atoms with Crippen molar-refractivity contribution in [1.29, 1.82) is 0 Å². The van der Waals surface area contributed by atoms with Crippen LogP contribution in [0.4, 0.5) is 0 Å². The molecule has 0 aromatic rings. The molecule has 0 saturated carbocycles. The summed E-state index contributed by atoms with van der Waals surface area (Å²) in [6, 6.07) is 0. The summed E-state index contributed by atoms with van der Waals surface area (Å²) in [5.41, 5.74) is 0. The Morgan fingerprint density at radius 3 is 2.31 bits per heavy atom. The van der Waals surface area contributed by atoms with Gasteiger partial charge in [0.1, 0.15) is 0 Å². The molecule has 0 unspecified atom stereocenters. The van der Waals surface area contributed by atoms with Gasteiger partial charge in [-0.25, -0.2) is 0 Å². The molecule has 0 rings (SSSR count). The minimum Gasteiger partial charge on any atom is -0.363 e. The van der Waals surface area contributed by atoms with Gasteiger partial charge < -0.3 is 4.90 Å². The van der Waals surface area contributed by atoms with Crippen LogP contribution in [0.25, 0.3) is 0 Å². The maximum Gasteiger partial charge on any atom is 0.0982 e. The first kappa shape index (κ1) is 12.5. The van der Waals surface area contributed by atoms with Crippen molar-refractivity contribution in [2.75, 3.05) is 20.6 Å². The standard InChI is InChI=1S/C11H24N2/c1-5-7-8-9-11(12-3)13(4)10-6-2/h5-10H2,1-4H3.